The van der Waals surface area contributed by atoms with Gasteiger partial charge in [-0.1, -0.05) is 12.1 Å². The Morgan fingerprint density at radius 2 is 1.97 bits per heavy atom. The molecular weight excluding hydrogens is 513 g/mol. The van der Waals surface area contributed by atoms with E-state index in [-0.39, 0.29) is 36.5 Å². The van der Waals surface area contributed by atoms with Crippen LogP contribution in [-0.2, 0) is 11.3 Å². The lowest BCUT2D eigenvalue weighted by atomic mass is 10.2. The summed E-state index contributed by atoms with van der Waals surface area (Å²) >= 11 is 1.79. The van der Waals surface area contributed by atoms with E-state index in [0.29, 0.717) is 12.3 Å². The van der Waals surface area contributed by atoms with E-state index in [1.165, 1.54) is 9.90 Å². The van der Waals surface area contributed by atoms with Gasteiger partial charge in [-0.25, -0.2) is 0 Å². The predicted molar refractivity (Wildman–Crippen MR) is 134 cm³/mol. The van der Waals surface area contributed by atoms with Crippen molar-refractivity contribution in [3.63, 3.8) is 0 Å². The number of carbonyl (C=O) groups is 1. The van der Waals surface area contributed by atoms with Gasteiger partial charge in [0.05, 0.1) is 5.00 Å². The molecule has 7 nitrogen and oxygen atoms in total. The third kappa shape index (κ3) is 6.76. The van der Waals surface area contributed by atoms with Crippen molar-refractivity contribution in [1.82, 2.24) is 15.1 Å². The fraction of sp³-hybridized carbons (Fsp3) is 0.429. The number of piperazine rings is 1. The summed E-state index contributed by atoms with van der Waals surface area (Å²) in [6.07, 6.45) is 0. The Hall–Kier alpha value is -2.01. The van der Waals surface area contributed by atoms with Crippen molar-refractivity contribution in [2.45, 2.75) is 6.54 Å². The summed E-state index contributed by atoms with van der Waals surface area (Å²) in [5.41, 5.74) is 1.08. The molecule has 3 rings (SSSR count). The Labute approximate surface area is 199 Å². The van der Waals surface area contributed by atoms with Gasteiger partial charge < -0.3 is 24.8 Å². The Morgan fingerprint density at radius 1 is 1.20 bits per heavy atom. The first-order valence-electron chi connectivity index (χ1n) is 9.73. The fourth-order valence-electron chi connectivity index (χ4n) is 3.12. The van der Waals surface area contributed by atoms with Gasteiger partial charge >= 0.3 is 0 Å². The standard InChI is InChI=1S/C21H29N5O2S.HI/c1-22-21(26-11-9-25(10-12-26)20-8-5-13-29-20)23-15-17-6-4-7-18(14-17)28-16-19(27)24(2)3;/h4-8,13-14H,9-12,15-16H2,1-3H3,(H,22,23);1H. The van der Waals surface area contributed by atoms with Crippen LogP contribution in [0.5, 0.6) is 5.75 Å². The predicted octanol–water partition coefficient (Wildman–Crippen LogP) is 2.73. The molecule has 0 saturated carbocycles. The number of likely N-dealkylation sites (N-methyl/N-ethyl adjacent to an activating group) is 1. The lowest BCUT2D eigenvalue weighted by Gasteiger charge is -2.37. The molecule has 1 aromatic carbocycles. The third-order valence-electron chi connectivity index (χ3n) is 4.82. The Bertz CT molecular complexity index is 821. The van der Waals surface area contributed by atoms with E-state index >= 15 is 0 Å². The van der Waals surface area contributed by atoms with E-state index in [4.69, 9.17) is 4.74 Å². The second-order valence-electron chi connectivity index (χ2n) is 7.05. The molecule has 0 aliphatic carbocycles. The number of aliphatic imine (C=N–C) groups is 1. The van der Waals surface area contributed by atoms with E-state index < -0.39 is 0 Å². The van der Waals surface area contributed by atoms with Crippen molar-refractivity contribution >= 4 is 52.2 Å². The highest BCUT2D eigenvalue weighted by atomic mass is 127. The number of nitrogens with one attached hydrogen (secondary N) is 1. The molecule has 1 fully saturated rings. The third-order valence-corrected chi connectivity index (χ3v) is 5.75. The zero-order valence-electron chi connectivity index (χ0n) is 17.7. The van der Waals surface area contributed by atoms with Crippen LogP contribution in [-0.4, -0.2) is 75.6 Å². The quantitative estimate of drug-likeness (QED) is 0.345. The zero-order chi connectivity index (χ0) is 20.6. The topological polar surface area (TPSA) is 60.4 Å². The average Bonchev–Trinajstić information content (AvgIpc) is 3.28. The number of carbonyl (C=O) groups excluding carboxylic acids is 1. The number of hydrogen-bond acceptors (Lipinski definition) is 5. The van der Waals surface area contributed by atoms with E-state index in [2.05, 4.69) is 37.6 Å². The van der Waals surface area contributed by atoms with Crippen LogP contribution >= 0.6 is 35.3 Å². The number of amides is 1. The van der Waals surface area contributed by atoms with Gasteiger partial charge in [-0.2, -0.15) is 0 Å². The Morgan fingerprint density at radius 3 is 2.60 bits per heavy atom. The highest BCUT2D eigenvalue weighted by molar-refractivity contribution is 14.0. The summed E-state index contributed by atoms with van der Waals surface area (Å²) in [6, 6.07) is 12.1. The molecule has 9 heteroatoms. The van der Waals surface area contributed by atoms with Crippen LogP contribution in [0.3, 0.4) is 0 Å². The van der Waals surface area contributed by atoms with Crippen LogP contribution in [0.15, 0.2) is 46.8 Å². The van der Waals surface area contributed by atoms with Crippen LogP contribution in [0.4, 0.5) is 5.00 Å². The minimum atomic E-state index is -0.0596. The van der Waals surface area contributed by atoms with E-state index in [9.17, 15) is 4.79 Å². The first-order valence-corrected chi connectivity index (χ1v) is 10.6. The maximum absolute atomic E-state index is 11.7. The summed E-state index contributed by atoms with van der Waals surface area (Å²) in [7, 11) is 5.26. The highest BCUT2D eigenvalue weighted by Gasteiger charge is 2.20. The number of hydrogen-bond donors (Lipinski definition) is 1. The summed E-state index contributed by atoms with van der Waals surface area (Å²) in [5.74, 6) is 1.54. The van der Waals surface area contributed by atoms with Crippen LogP contribution in [0.2, 0.25) is 0 Å². The fourth-order valence-corrected chi connectivity index (χ4v) is 3.91. The molecule has 0 atom stereocenters. The van der Waals surface area contributed by atoms with Crippen molar-refractivity contribution in [1.29, 1.82) is 0 Å². The number of halogens is 1. The molecule has 1 aromatic heterocycles. The maximum Gasteiger partial charge on any atom is 0.259 e. The highest BCUT2D eigenvalue weighted by Crippen LogP contribution is 2.22. The lowest BCUT2D eigenvalue weighted by Crippen LogP contribution is -2.52. The molecule has 1 aliphatic heterocycles. The first kappa shape index (κ1) is 24.3. The second kappa shape index (κ2) is 12.0. The van der Waals surface area contributed by atoms with Gasteiger partial charge in [-0.15, -0.1) is 35.3 Å². The van der Waals surface area contributed by atoms with Crippen molar-refractivity contribution in [3.05, 3.63) is 47.3 Å². The van der Waals surface area contributed by atoms with Gasteiger partial charge in [0, 0.05) is 53.9 Å². The van der Waals surface area contributed by atoms with Gasteiger partial charge in [-0.3, -0.25) is 9.79 Å². The summed E-state index contributed by atoms with van der Waals surface area (Å²) in [6.45, 7) is 4.55. The number of nitrogens with zero attached hydrogens (tertiary/aromatic N) is 4. The number of benzene rings is 1. The normalized spacial score (nSPS) is 14.2. The van der Waals surface area contributed by atoms with E-state index in [1.54, 1.807) is 25.4 Å². The van der Waals surface area contributed by atoms with Gasteiger partial charge in [-0.05, 0) is 35.2 Å². The molecular formula is C21H30IN5O2S. The molecule has 164 valence electrons. The van der Waals surface area contributed by atoms with Crippen molar-refractivity contribution in [2.75, 3.05) is 58.8 Å². The van der Waals surface area contributed by atoms with Crippen molar-refractivity contribution in [3.8, 4) is 5.75 Å². The van der Waals surface area contributed by atoms with Gasteiger partial charge in [0.25, 0.3) is 5.91 Å². The molecule has 0 bridgehead atoms. The van der Waals surface area contributed by atoms with Crippen LogP contribution in [0.25, 0.3) is 0 Å². The minimum absolute atomic E-state index is 0. The van der Waals surface area contributed by atoms with E-state index in [1.807, 2.05) is 31.3 Å². The molecule has 0 radical (unpaired) electrons. The number of thiophene rings is 1. The molecule has 1 N–H and O–H groups in total. The largest absolute Gasteiger partial charge is 0.484 e. The molecule has 30 heavy (non-hydrogen) atoms. The number of anilines is 1. The van der Waals surface area contributed by atoms with E-state index in [0.717, 1.165) is 37.7 Å². The molecule has 0 unspecified atom stereocenters. The average molecular weight is 543 g/mol. The Balaban J connectivity index is 0.00000320. The molecule has 1 aliphatic rings. The Kier molecular flexibility index (Phi) is 9.70. The summed E-state index contributed by atoms with van der Waals surface area (Å²) < 4.78 is 5.60. The second-order valence-corrected chi connectivity index (χ2v) is 7.98. The molecule has 2 heterocycles. The summed E-state index contributed by atoms with van der Waals surface area (Å²) in [4.78, 5) is 22.4. The first-order chi connectivity index (χ1) is 14.1. The maximum atomic E-state index is 11.7. The molecule has 2 aromatic rings. The zero-order valence-corrected chi connectivity index (χ0v) is 20.9. The molecule has 1 saturated heterocycles. The SMILES string of the molecule is CN=C(NCc1cccc(OCC(=O)N(C)C)c1)N1CCN(c2cccs2)CC1.I. The number of rotatable bonds is 6. The van der Waals surface area contributed by atoms with Crippen LogP contribution in [0, 0.1) is 0 Å². The molecule has 0 spiro atoms. The van der Waals surface area contributed by atoms with Crippen LogP contribution < -0.4 is 15.0 Å². The van der Waals surface area contributed by atoms with Gasteiger partial charge in [0.15, 0.2) is 12.6 Å². The minimum Gasteiger partial charge on any atom is -0.484 e. The van der Waals surface area contributed by atoms with Crippen LogP contribution in [0.1, 0.15) is 5.56 Å². The monoisotopic (exact) mass is 543 g/mol. The smallest absolute Gasteiger partial charge is 0.259 e. The number of guanidine groups is 1. The van der Waals surface area contributed by atoms with Gasteiger partial charge in [0.2, 0.25) is 0 Å². The van der Waals surface area contributed by atoms with Crippen molar-refractivity contribution in [2.24, 2.45) is 4.99 Å². The number of ether oxygens (including phenoxy) is 1. The van der Waals surface area contributed by atoms with Gasteiger partial charge in [0.1, 0.15) is 5.75 Å². The van der Waals surface area contributed by atoms with Crippen molar-refractivity contribution < 1.29 is 9.53 Å². The summed E-state index contributed by atoms with van der Waals surface area (Å²) in [5, 5.41) is 6.90. The molecule has 1 amide bonds. The lowest BCUT2D eigenvalue weighted by molar-refractivity contribution is -0.130.